The lowest BCUT2D eigenvalue weighted by molar-refractivity contribution is -0.175. The van der Waals surface area contributed by atoms with Crippen LogP contribution in [0.1, 0.15) is 6.42 Å². The topological polar surface area (TPSA) is 91.4 Å². The van der Waals surface area contributed by atoms with Gasteiger partial charge in [-0.2, -0.15) is 13.2 Å². The molecule has 1 amide bonds. The fraction of sp³-hybridized carbons (Fsp3) is 0.818. The quantitative estimate of drug-likeness (QED) is 0.234. The number of nitrogens with zero attached hydrogens (tertiary/aromatic N) is 3. The second kappa shape index (κ2) is 8.03. The number of ether oxygens (including phenoxy) is 1. The van der Waals surface area contributed by atoms with Gasteiger partial charge in [0, 0.05) is 26.2 Å². The molecule has 0 spiro atoms. The van der Waals surface area contributed by atoms with Crippen LogP contribution in [0, 0.1) is 0 Å². The van der Waals surface area contributed by atoms with Gasteiger partial charge in [-0.05, 0) is 0 Å². The van der Waals surface area contributed by atoms with E-state index in [1.165, 1.54) is 0 Å². The van der Waals surface area contributed by atoms with E-state index < -0.39 is 12.8 Å². The third-order valence-corrected chi connectivity index (χ3v) is 2.97. The first-order valence-corrected chi connectivity index (χ1v) is 6.43. The minimum absolute atomic E-state index is 0.0731. The van der Waals surface area contributed by atoms with E-state index in [1.54, 1.807) is 4.90 Å². The summed E-state index contributed by atoms with van der Waals surface area (Å²) in [4.78, 5) is 15.3. The van der Waals surface area contributed by atoms with Gasteiger partial charge in [0.1, 0.15) is 6.61 Å². The summed E-state index contributed by atoms with van der Waals surface area (Å²) in [5.74, 6) is -0.143. The lowest BCUT2D eigenvalue weighted by Crippen LogP contribution is -2.50. The number of carbonyl (C=O) groups is 1. The predicted molar refractivity (Wildman–Crippen MR) is 67.9 cm³/mol. The summed E-state index contributed by atoms with van der Waals surface area (Å²) < 4.78 is 39.9. The molecule has 0 atom stereocenters. The van der Waals surface area contributed by atoms with E-state index in [0.717, 1.165) is 0 Å². The molecule has 0 radical (unpaired) electrons. The molecule has 1 saturated heterocycles. The summed E-state index contributed by atoms with van der Waals surface area (Å²) in [5, 5.41) is 11.3. The van der Waals surface area contributed by atoms with E-state index in [4.69, 9.17) is 10.9 Å². The van der Waals surface area contributed by atoms with Gasteiger partial charge in [0.15, 0.2) is 5.84 Å². The van der Waals surface area contributed by atoms with Crippen molar-refractivity contribution in [1.82, 2.24) is 9.80 Å². The fourth-order valence-electron chi connectivity index (χ4n) is 1.92. The molecular formula is C11H19F3N4O3. The maximum absolute atomic E-state index is 11.8. The minimum atomic E-state index is -4.37. The number of hydrogen-bond acceptors (Lipinski definition) is 5. The van der Waals surface area contributed by atoms with E-state index in [-0.39, 0.29) is 24.8 Å². The summed E-state index contributed by atoms with van der Waals surface area (Å²) in [7, 11) is 0. The van der Waals surface area contributed by atoms with E-state index in [1.807, 2.05) is 4.90 Å². The molecule has 3 N–H and O–H groups in total. The summed E-state index contributed by atoms with van der Waals surface area (Å²) in [6, 6.07) is 0. The highest BCUT2D eigenvalue weighted by molar-refractivity contribution is 5.81. The Labute approximate surface area is 120 Å². The highest BCUT2D eigenvalue weighted by Crippen LogP contribution is 2.14. The van der Waals surface area contributed by atoms with E-state index in [0.29, 0.717) is 32.7 Å². The van der Waals surface area contributed by atoms with Gasteiger partial charge in [-0.25, -0.2) is 0 Å². The van der Waals surface area contributed by atoms with Crippen molar-refractivity contribution in [3.63, 3.8) is 0 Å². The Hall–Kier alpha value is -1.55. The van der Waals surface area contributed by atoms with Crippen LogP contribution in [-0.4, -0.2) is 78.9 Å². The van der Waals surface area contributed by atoms with Gasteiger partial charge in [-0.15, -0.1) is 0 Å². The Balaban J connectivity index is 2.20. The van der Waals surface area contributed by atoms with Crippen LogP contribution in [0.3, 0.4) is 0 Å². The molecule has 1 heterocycles. The smallest absolute Gasteiger partial charge is 0.409 e. The zero-order valence-electron chi connectivity index (χ0n) is 11.5. The van der Waals surface area contributed by atoms with Crippen molar-refractivity contribution in [3.05, 3.63) is 0 Å². The lowest BCUT2D eigenvalue weighted by Gasteiger charge is -2.34. The van der Waals surface area contributed by atoms with Crippen LogP contribution < -0.4 is 5.73 Å². The van der Waals surface area contributed by atoms with Crippen LogP contribution in [0.5, 0.6) is 0 Å². The molecule has 122 valence electrons. The first-order valence-electron chi connectivity index (χ1n) is 6.43. The van der Waals surface area contributed by atoms with Crippen LogP contribution >= 0.6 is 0 Å². The third kappa shape index (κ3) is 7.14. The lowest BCUT2D eigenvalue weighted by atomic mass is 10.2. The molecule has 10 heteroatoms. The van der Waals surface area contributed by atoms with Gasteiger partial charge in [-0.1, -0.05) is 5.16 Å². The van der Waals surface area contributed by atoms with Crippen molar-refractivity contribution in [1.29, 1.82) is 0 Å². The van der Waals surface area contributed by atoms with Gasteiger partial charge in [0.05, 0.1) is 19.6 Å². The van der Waals surface area contributed by atoms with E-state index in [9.17, 15) is 18.0 Å². The first kappa shape index (κ1) is 17.5. The maximum atomic E-state index is 11.8. The molecule has 0 saturated carbocycles. The molecule has 0 bridgehead atoms. The Kier molecular flexibility index (Phi) is 6.69. The molecule has 1 aliphatic heterocycles. The molecule has 21 heavy (non-hydrogen) atoms. The average molecular weight is 312 g/mol. The van der Waals surface area contributed by atoms with Crippen molar-refractivity contribution in [2.45, 2.75) is 12.6 Å². The van der Waals surface area contributed by atoms with Crippen molar-refractivity contribution in [2.75, 3.05) is 45.9 Å². The number of alkyl halides is 3. The highest BCUT2D eigenvalue weighted by atomic mass is 19.4. The van der Waals surface area contributed by atoms with Crippen LogP contribution in [0.15, 0.2) is 5.16 Å². The number of amides is 1. The summed E-state index contributed by atoms with van der Waals surface area (Å²) in [6.07, 6.45) is -4.45. The minimum Gasteiger partial charge on any atom is -0.409 e. The number of oxime groups is 1. The van der Waals surface area contributed by atoms with Gasteiger partial charge in [0.25, 0.3) is 0 Å². The number of piperazine rings is 1. The maximum Gasteiger partial charge on any atom is 0.411 e. The molecule has 0 unspecified atom stereocenters. The van der Waals surface area contributed by atoms with E-state index in [2.05, 4.69) is 9.89 Å². The summed E-state index contributed by atoms with van der Waals surface area (Å²) in [6.45, 7) is 0.758. The standard InChI is InChI=1S/C11H19F3N4O3/c12-11(13,14)8-21-6-1-10(19)18-4-2-17(3-5-18)7-9(15)16-20/h20H,1-8H2,(H2,15,16). The van der Waals surface area contributed by atoms with Crippen molar-refractivity contribution in [2.24, 2.45) is 10.9 Å². The molecule has 1 rings (SSSR count). The van der Waals surface area contributed by atoms with Gasteiger partial charge < -0.3 is 20.6 Å². The van der Waals surface area contributed by atoms with Gasteiger partial charge in [-0.3, -0.25) is 9.69 Å². The highest BCUT2D eigenvalue weighted by Gasteiger charge is 2.27. The Morgan fingerprint density at radius 1 is 1.29 bits per heavy atom. The van der Waals surface area contributed by atoms with Crippen LogP contribution in [-0.2, 0) is 9.53 Å². The molecule has 0 aromatic heterocycles. The number of rotatable bonds is 6. The zero-order valence-corrected chi connectivity index (χ0v) is 11.5. The van der Waals surface area contributed by atoms with Crippen molar-refractivity contribution < 1.29 is 27.9 Å². The monoisotopic (exact) mass is 312 g/mol. The SMILES string of the molecule is NC(CN1CCN(C(=O)CCOCC(F)(F)F)CC1)=NO. The normalized spacial score (nSPS) is 18.0. The predicted octanol–water partition coefficient (Wildman–Crippen LogP) is -0.154. The molecule has 1 fully saturated rings. The average Bonchev–Trinajstić information content (AvgIpc) is 2.43. The second-order valence-corrected chi connectivity index (χ2v) is 4.67. The molecular weight excluding hydrogens is 293 g/mol. The van der Waals surface area contributed by atoms with Crippen LogP contribution in [0.2, 0.25) is 0 Å². The van der Waals surface area contributed by atoms with Crippen LogP contribution in [0.4, 0.5) is 13.2 Å². The molecule has 0 aromatic rings. The Morgan fingerprint density at radius 3 is 2.43 bits per heavy atom. The number of amidine groups is 1. The second-order valence-electron chi connectivity index (χ2n) is 4.67. The number of halogens is 3. The molecule has 0 aliphatic carbocycles. The molecule has 1 aliphatic rings. The first-order chi connectivity index (χ1) is 9.81. The molecule has 7 nitrogen and oxygen atoms in total. The Morgan fingerprint density at radius 2 is 1.90 bits per heavy atom. The van der Waals surface area contributed by atoms with E-state index >= 15 is 0 Å². The molecule has 0 aromatic carbocycles. The van der Waals surface area contributed by atoms with Gasteiger partial charge >= 0.3 is 6.18 Å². The zero-order chi connectivity index (χ0) is 15.9. The number of hydrogen-bond donors (Lipinski definition) is 2. The van der Waals surface area contributed by atoms with Crippen LogP contribution in [0.25, 0.3) is 0 Å². The van der Waals surface area contributed by atoms with Crippen molar-refractivity contribution >= 4 is 11.7 Å². The summed E-state index contributed by atoms with van der Waals surface area (Å²) in [5.41, 5.74) is 5.38. The van der Waals surface area contributed by atoms with Crippen molar-refractivity contribution in [3.8, 4) is 0 Å². The van der Waals surface area contributed by atoms with Gasteiger partial charge in [0.2, 0.25) is 5.91 Å². The largest absolute Gasteiger partial charge is 0.411 e. The summed E-state index contributed by atoms with van der Waals surface area (Å²) >= 11 is 0. The number of carbonyl (C=O) groups excluding carboxylic acids is 1. The third-order valence-electron chi connectivity index (χ3n) is 2.97. The fourth-order valence-corrected chi connectivity index (χ4v) is 1.92. The number of nitrogens with two attached hydrogens (primary N) is 1. The Bertz CT molecular complexity index is 368.